The van der Waals surface area contributed by atoms with Crippen LogP contribution in [0.3, 0.4) is 0 Å². The second-order valence-corrected chi connectivity index (χ2v) is 6.64. The molecule has 1 aromatic carbocycles. The van der Waals surface area contributed by atoms with E-state index in [1.807, 2.05) is 0 Å². The summed E-state index contributed by atoms with van der Waals surface area (Å²) in [5.74, 6) is -1.36. The first-order valence-corrected chi connectivity index (χ1v) is 7.88. The molecule has 1 aromatic rings. The SMILES string of the molecule is Cc1c(C(=O)O)cccc1S(=O)(=O)N1CCNC(=O)CC1. The van der Waals surface area contributed by atoms with Crippen molar-refractivity contribution in [1.29, 1.82) is 0 Å². The van der Waals surface area contributed by atoms with Crippen LogP contribution < -0.4 is 5.32 Å². The Morgan fingerprint density at radius 1 is 1.33 bits per heavy atom. The maximum atomic E-state index is 12.6. The van der Waals surface area contributed by atoms with Crippen LogP contribution in [0, 0.1) is 6.92 Å². The molecule has 0 bridgehead atoms. The molecule has 0 atom stereocenters. The van der Waals surface area contributed by atoms with Crippen LogP contribution >= 0.6 is 0 Å². The number of carbonyl (C=O) groups is 2. The third-order valence-electron chi connectivity index (χ3n) is 3.40. The number of rotatable bonds is 3. The molecule has 0 saturated carbocycles. The van der Waals surface area contributed by atoms with Gasteiger partial charge >= 0.3 is 5.97 Å². The van der Waals surface area contributed by atoms with Crippen molar-refractivity contribution in [2.75, 3.05) is 19.6 Å². The third kappa shape index (κ3) is 3.06. The van der Waals surface area contributed by atoms with Gasteiger partial charge in [0.1, 0.15) is 0 Å². The van der Waals surface area contributed by atoms with E-state index in [9.17, 15) is 18.0 Å². The second-order valence-electron chi connectivity index (χ2n) is 4.74. The molecule has 114 valence electrons. The first-order chi connectivity index (χ1) is 9.84. The van der Waals surface area contributed by atoms with Gasteiger partial charge in [0.15, 0.2) is 0 Å². The number of hydrogen-bond donors (Lipinski definition) is 2. The summed E-state index contributed by atoms with van der Waals surface area (Å²) in [5, 5.41) is 11.7. The Bertz CT molecular complexity index is 684. The van der Waals surface area contributed by atoms with Crippen molar-refractivity contribution in [2.45, 2.75) is 18.2 Å². The van der Waals surface area contributed by atoms with Gasteiger partial charge in [-0.15, -0.1) is 0 Å². The Morgan fingerprint density at radius 3 is 2.71 bits per heavy atom. The van der Waals surface area contributed by atoms with Gasteiger partial charge in [0.2, 0.25) is 15.9 Å². The molecule has 8 heteroatoms. The first kappa shape index (κ1) is 15.5. The van der Waals surface area contributed by atoms with Gasteiger partial charge in [0.05, 0.1) is 10.5 Å². The molecule has 0 aliphatic carbocycles. The van der Waals surface area contributed by atoms with Crippen LogP contribution in [-0.2, 0) is 14.8 Å². The van der Waals surface area contributed by atoms with Crippen LogP contribution in [0.2, 0.25) is 0 Å². The number of aromatic carboxylic acids is 1. The van der Waals surface area contributed by atoms with Crippen LogP contribution in [0.15, 0.2) is 23.1 Å². The summed E-state index contributed by atoms with van der Waals surface area (Å²) < 4.78 is 26.5. The minimum absolute atomic E-state index is 0.0308. The van der Waals surface area contributed by atoms with Gasteiger partial charge in [-0.2, -0.15) is 4.31 Å². The largest absolute Gasteiger partial charge is 0.478 e. The van der Waals surface area contributed by atoms with Crippen LogP contribution in [0.1, 0.15) is 22.3 Å². The zero-order valence-corrected chi connectivity index (χ0v) is 12.3. The van der Waals surface area contributed by atoms with Crippen molar-refractivity contribution in [3.8, 4) is 0 Å². The van der Waals surface area contributed by atoms with Gasteiger partial charge < -0.3 is 10.4 Å². The van der Waals surface area contributed by atoms with Crippen molar-refractivity contribution in [2.24, 2.45) is 0 Å². The van der Waals surface area contributed by atoms with E-state index in [1.54, 1.807) is 0 Å². The summed E-state index contributed by atoms with van der Waals surface area (Å²) in [6.07, 6.45) is 0.0941. The molecule has 1 aliphatic rings. The standard InChI is InChI=1S/C13H16N2O5S/c1-9-10(13(17)18)3-2-4-11(9)21(19,20)15-7-5-12(16)14-6-8-15/h2-4H,5-8H2,1H3,(H,14,16)(H,17,18). The smallest absolute Gasteiger partial charge is 0.335 e. The average Bonchev–Trinajstić information content (AvgIpc) is 2.63. The number of carbonyl (C=O) groups excluding carboxylic acids is 1. The highest BCUT2D eigenvalue weighted by molar-refractivity contribution is 7.89. The maximum Gasteiger partial charge on any atom is 0.335 e. The molecule has 7 nitrogen and oxygen atoms in total. The lowest BCUT2D eigenvalue weighted by atomic mass is 10.1. The van der Waals surface area contributed by atoms with E-state index < -0.39 is 16.0 Å². The molecule has 1 fully saturated rings. The first-order valence-electron chi connectivity index (χ1n) is 6.44. The van der Waals surface area contributed by atoms with Crippen LogP contribution in [0.25, 0.3) is 0 Å². The van der Waals surface area contributed by atoms with E-state index in [-0.39, 0.29) is 48.0 Å². The van der Waals surface area contributed by atoms with Crippen LogP contribution in [-0.4, -0.2) is 49.3 Å². The summed E-state index contributed by atoms with van der Waals surface area (Å²) in [6, 6.07) is 4.16. The van der Waals surface area contributed by atoms with E-state index in [0.29, 0.717) is 0 Å². The molecule has 21 heavy (non-hydrogen) atoms. The minimum Gasteiger partial charge on any atom is -0.478 e. The summed E-state index contributed by atoms with van der Waals surface area (Å²) >= 11 is 0. The van der Waals surface area contributed by atoms with E-state index in [1.165, 1.54) is 29.4 Å². The summed E-state index contributed by atoms with van der Waals surface area (Å²) in [6.45, 7) is 1.98. The molecule has 0 unspecified atom stereocenters. The molecular formula is C13H16N2O5S. The fraction of sp³-hybridized carbons (Fsp3) is 0.385. The van der Waals surface area contributed by atoms with Crippen LogP contribution in [0.4, 0.5) is 0 Å². The lowest BCUT2D eigenvalue weighted by Gasteiger charge is -2.20. The Kier molecular flexibility index (Phi) is 4.29. The Balaban J connectivity index is 2.42. The quantitative estimate of drug-likeness (QED) is 0.830. The zero-order valence-electron chi connectivity index (χ0n) is 11.5. The monoisotopic (exact) mass is 312 g/mol. The highest BCUT2D eigenvalue weighted by atomic mass is 32.2. The Hall–Kier alpha value is -1.93. The number of carboxylic acid groups (broad SMARTS) is 1. The highest BCUT2D eigenvalue weighted by Gasteiger charge is 2.29. The van der Waals surface area contributed by atoms with Gasteiger partial charge in [-0.25, -0.2) is 13.2 Å². The van der Waals surface area contributed by atoms with Gasteiger partial charge in [-0.1, -0.05) is 6.07 Å². The molecular weight excluding hydrogens is 296 g/mol. The van der Waals surface area contributed by atoms with Crippen molar-refractivity contribution < 1.29 is 23.1 Å². The molecule has 1 aliphatic heterocycles. The number of nitrogens with zero attached hydrogens (tertiary/aromatic N) is 1. The number of amides is 1. The molecule has 0 spiro atoms. The average molecular weight is 312 g/mol. The molecule has 2 N–H and O–H groups in total. The normalized spacial score (nSPS) is 17.1. The fourth-order valence-corrected chi connectivity index (χ4v) is 3.94. The van der Waals surface area contributed by atoms with Gasteiger partial charge in [-0.3, -0.25) is 4.79 Å². The molecule has 1 heterocycles. The predicted octanol–water partition coefficient (Wildman–Crippen LogP) is 0.204. The molecule has 0 aromatic heterocycles. The second kappa shape index (κ2) is 5.82. The Labute approximate surface area is 122 Å². The number of hydrogen-bond acceptors (Lipinski definition) is 4. The topological polar surface area (TPSA) is 104 Å². The predicted molar refractivity (Wildman–Crippen MR) is 74.5 cm³/mol. The molecule has 2 rings (SSSR count). The third-order valence-corrected chi connectivity index (χ3v) is 5.45. The number of nitrogens with one attached hydrogen (secondary N) is 1. The van der Waals surface area contributed by atoms with Gasteiger partial charge in [-0.05, 0) is 24.6 Å². The zero-order chi connectivity index (χ0) is 15.6. The summed E-state index contributed by atoms with van der Waals surface area (Å²) in [7, 11) is -3.82. The lowest BCUT2D eigenvalue weighted by Crippen LogP contribution is -2.34. The lowest BCUT2D eigenvalue weighted by molar-refractivity contribution is -0.120. The maximum absolute atomic E-state index is 12.6. The summed E-state index contributed by atoms with van der Waals surface area (Å²) in [5.41, 5.74) is 0.161. The van der Waals surface area contributed by atoms with Gasteiger partial charge in [0.25, 0.3) is 0 Å². The van der Waals surface area contributed by atoms with E-state index in [4.69, 9.17) is 5.11 Å². The van der Waals surface area contributed by atoms with Crippen molar-refractivity contribution in [3.63, 3.8) is 0 Å². The van der Waals surface area contributed by atoms with E-state index in [0.717, 1.165) is 0 Å². The van der Waals surface area contributed by atoms with Crippen molar-refractivity contribution in [3.05, 3.63) is 29.3 Å². The van der Waals surface area contributed by atoms with E-state index in [2.05, 4.69) is 5.32 Å². The van der Waals surface area contributed by atoms with Gasteiger partial charge in [0, 0.05) is 26.1 Å². The summed E-state index contributed by atoms with van der Waals surface area (Å²) in [4.78, 5) is 22.4. The van der Waals surface area contributed by atoms with Crippen molar-refractivity contribution in [1.82, 2.24) is 9.62 Å². The Morgan fingerprint density at radius 2 is 2.05 bits per heavy atom. The number of benzene rings is 1. The number of carboxylic acids is 1. The van der Waals surface area contributed by atoms with Crippen LogP contribution in [0.5, 0.6) is 0 Å². The van der Waals surface area contributed by atoms with Crippen molar-refractivity contribution >= 4 is 21.9 Å². The molecule has 1 amide bonds. The minimum atomic E-state index is -3.82. The molecule has 1 saturated heterocycles. The molecule has 0 radical (unpaired) electrons. The number of sulfonamides is 1. The van der Waals surface area contributed by atoms with E-state index >= 15 is 0 Å². The fourth-order valence-electron chi connectivity index (χ4n) is 2.25. The highest BCUT2D eigenvalue weighted by Crippen LogP contribution is 2.23.